The number of carbonyl (C=O) groups excluding carboxylic acids is 1. The van der Waals surface area contributed by atoms with Crippen LogP contribution in [-0.4, -0.2) is 38.8 Å². The van der Waals surface area contributed by atoms with E-state index in [-0.39, 0.29) is 29.8 Å². The number of benzene rings is 2. The van der Waals surface area contributed by atoms with Crippen molar-refractivity contribution in [3.63, 3.8) is 0 Å². The van der Waals surface area contributed by atoms with Crippen LogP contribution in [0, 0.1) is 5.92 Å². The van der Waals surface area contributed by atoms with E-state index in [1.54, 1.807) is 30.3 Å². The lowest BCUT2D eigenvalue weighted by Gasteiger charge is -2.30. The van der Waals surface area contributed by atoms with Gasteiger partial charge in [-0.15, -0.1) is 0 Å². The van der Waals surface area contributed by atoms with Crippen LogP contribution in [0.4, 0.5) is 5.69 Å². The van der Waals surface area contributed by atoms with Crippen LogP contribution in [0.25, 0.3) is 0 Å². The van der Waals surface area contributed by atoms with Gasteiger partial charge in [0, 0.05) is 29.1 Å². The standard InChI is InChI=1S/C19H20Cl2N2O4S/c1-27-18-7-4-15(21)12-17(18)22-19(24)13-8-10-23(11-9-13)28(25,26)16-5-2-14(20)3-6-16/h2-7,12-13H,8-11H2,1H3,(H,22,24). The molecule has 1 aliphatic rings. The number of anilines is 1. The number of nitrogens with one attached hydrogen (secondary N) is 1. The van der Waals surface area contributed by atoms with Crippen molar-refractivity contribution in [1.82, 2.24) is 4.31 Å². The van der Waals surface area contributed by atoms with Gasteiger partial charge >= 0.3 is 0 Å². The third-order valence-corrected chi connectivity index (χ3v) is 7.10. The lowest BCUT2D eigenvalue weighted by molar-refractivity contribution is -0.120. The summed E-state index contributed by atoms with van der Waals surface area (Å²) in [6.45, 7) is 0.547. The number of ether oxygens (including phenoxy) is 1. The highest BCUT2D eigenvalue weighted by molar-refractivity contribution is 7.89. The largest absolute Gasteiger partial charge is 0.495 e. The van der Waals surface area contributed by atoms with E-state index in [1.807, 2.05) is 0 Å². The van der Waals surface area contributed by atoms with Crippen molar-refractivity contribution < 1.29 is 17.9 Å². The van der Waals surface area contributed by atoms with Gasteiger partial charge in [-0.25, -0.2) is 8.42 Å². The summed E-state index contributed by atoms with van der Waals surface area (Å²) in [5.74, 6) is 0.0463. The SMILES string of the molecule is COc1ccc(Cl)cc1NC(=O)C1CCN(S(=O)(=O)c2ccc(Cl)cc2)CC1. The fourth-order valence-electron chi connectivity index (χ4n) is 3.13. The minimum Gasteiger partial charge on any atom is -0.495 e. The quantitative estimate of drug-likeness (QED) is 0.757. The molecule has 1 N–H and O–H groups in total. The van der Waals surface area contributed by atoms with Gasteiger partial charge in [-0.3, -0.25) is 4.79 Å². The van der Waals surface area contributed by atoms with Gasteiger partial charge in [-0.1, -0.05) is 23.2 Å². The van der Waals surface area contributed by atoms with Gasteiger partial charge in [-0.05, 0) is 55.3 Å². The number of amides is 1. The zero-order chi connectivity index (χ0) is 20.3. The number of nitrogens with zero attached hydrogens (tertiary/aromatic N) is 1. The number of hydrogen-bond donors (Lipinski definition) is 1. The van der Waals surface area contributed by atoms with Crippen LogP contribution in [0.15, 0.2) is 47.4 Å². The summed E-state index contributed by atoms with van der Waals surface area (Å²) in [5.41, 5.74) is 0.496. The predicted molar refractivity (Wildman–Crippen MR) is 110 cm³/mol. The number of piperidine rings is 1. The smallest absolute Gasteiger partial charge is 0.243 e. The Balaban J connectivity index is 1.64. The van der Waals surface area contributed by atoms with Crippen molar-refractivity contribution in [3.8, 4) is 5.75 Å². The second-order valence-electron chi connectivity index (χ2n) is 6.47. The van der Waals surface area contributed by atoms with Crippen molar-refractivity contribution in [2.75, 3.05) is 25.5 Å². The van der Waals surface area contributed by atoms with E-state index >= 15 is 0 Å². The number of hydrogen-bond acceptors (Lipinski definition) is 4. The maximum absolute atomic E-state index is 12.7. The molecular weight excluding hydrogens is 423 g/mol. The molecule has 6 nitrogen and oxygen atoms in total. The molecule has 1 saturated heterocycles. The van der Waals surface area contributed by atoms with E-state index in [1.165, 1.54) is 23.5 Å². The summed E-state index contributed by atoms with van der Waals surface area (Å²) in [5, 5.41) is 3.80. The molecule has 2 aromatic rings. The Morgan fingerprint density at radius 1 is 1.07 bits per heavy atom. The molecule has 28 heavy (non-hydrogen) atoms. The Morgan fingerprint density at radius 3 is 2.29 bits per heavy atom. The van der Waals surface area contributed by atoms with Crippen molar-refractivity contribution in [2.45, 2.75) is 17.7 Å². The zero-order valence-electron chi connectivity index (χ0n) is 15.2. The first-order valence-corrected chi connectivity index (χ1v) is 10.9. The van der Waals surface area contributed by atoms with E-state index in [0.717, 1.165) is 0 Å². The number of rotatable bonds is 5. The molecular formula is C19H20Cl2N2O4S. The minimum absolute atomic E-state index is 0.177. The van der Waals surface area contributed by atoms with Crippen LogP contribution < -0.4 is 10.1 Å². The molecule has 9 heteroatoms. The summed E-state index contributed by atoms with van der Waals surface area (Å²) in [6, 6.07) is 11.1. The van der Waals surface area contributed by atoms with Crippen LogP contribution in [0.3, 0.4) is 0 Å². The number of carbonyl (C=O) groups is 1. The molecule has 1 heterocycles. The molecule has 0 bridgehead atoms. The molecule has 0 radical (unpaired) electrons. The monoisotopic (exact) mass is 442 g/mol. The average molecular weight is 443 g/mol. The van der Waals surface area contributed by atoms with Crippen LogP contribution in [-0.2, 0) is 14.8 Å². The predicted octanol–water partition coefficient (Wildman–Crippen LogP) is 4.04. The van der Waals surface area contributed by atoms with Gasteiger partial charge in [0.05, 0.1) is 17.7 Å². The maximum Gasteiger partial charge on any atom is 0.243 e. The van der Waals surface area contributed by atoms with E-state index in [4.69, 9.17) is 27.9 Å². The normalized spacial score (nSPS) is 16.0. The Bertz CT molecular complexity index is 956. The summed E-state index contributed by atoms with van der Waals surface area (Å²) in [4.78, 5) is 12.8. The van der Waals surface area contributed by atoms with Gasteiger partial charge in [0.2, 0.25) is 15.9 Å². The molecule has 1 fully saturated rings. The average Bonchev–Trinajstić information content (AvgIpc) is 2.68. The lowest BCUT2D eigenvalue weighted by atomic mass is 9.97. The van der Waals surface area contributed by atoms with Crippen LogP contribution >= 0.6 is 23.2 Å². The molecule has 0 saturated carbocycles. The first kappa shape index (κ1) is 20.9. The van der Waals surface area contributed by atoms with Gasteiger partial charge in [0.15, 0.2) is 0 Å². The van der Waals surface area contributed by atoms with Crippen molar-refractivity contribution >= 4 is 44.8 Å². The van der Waals surface area contributed by atoms with Crippen LogP contribution in [0.5, 0.6) is 5.75 Å². The lowest BCUT2D eigenvalue weighted by Crippen LogP contribution is -2.41. The molecule has 2 aromatic carbocycles. The summed E-state index contributed by atoms with van der Waals surface area (Å²) in [7, 11) is -2.08. The van der Waals surface area contributed by atoms with Crippen LogP contribution in [0.2, 0.25) is 10.0 Å². The molecule has 0 spiro atoms. The highest BCUT2D eigenvalue weighted by Gasteiger charge is 2.32. The highest BCUT2D eigenvalue weighted by Crippen LogP contribution is 2.30. The Morgan fingerprint density at radius 2 is 1.68 bits per heavy atom. The Hall–Kier alpha value is -1.80. The molecule has 0 unspecified atom stereocenters. The summed E-state index contributed by atoms with van der Waals surface area (Å²) in [6.07, 6.45) is 0.864. The molecule has 0 aliphatic carbocycles. The van der Waals surface area contributed by atoms with E-state index in [0.29, 0.717) is 34.3 Å². The number of methoxy groups -OCH3 is 1. The molecule has 1 aliphatic heterocycles. The van der Waals surface area contributed by atoms with Crippen molar-refractivity contribution in [1.29, 1.82) is 0 Å². The van der Waals surface area contributed by atoms with E-state index in [9.17, 15) is 13.2 Å². The molecule has 1 amide bonds. The number of halogens is 2. The van der Waals surface area contributed by atoms with E-state index < -0.39 is 10.0 Å². The summed E-state index contributed by atoms with van der Waals surface area (Å²) < 4.78 is 32.1. The van der Waals surface area contributed by atoms with Gasteiger partial charge in [0.25, 0.3) is 0 Å². The Labute approximate surface area is 174 Å². The third kappa shape index (κ3) is 4.60. The topological polar surface area (TPSA) is 75.7 Å². The first-order chi connectivity index (χ1) is 13.3. The molecule has 0 aromatic heterocycles. The van der Waals surface area contributed by atoms with Crippen LogP contribution in [0.1, 0.15) is 12.8 Å². The summed E-state index contributed by atoms with van der Waals surface area (Å²) >= 11 is 11.8. The molecule has 150 valence electrons. The molecule has 0 atom stereocenters. The Kier molecular flexibility index (Phi) is 6.50. The molecule has 3 rings (SSSR count). The highest BCUT2D eigenvalue weighted by atomic mass is 35.5. The van der Waals surface area contributed by atoms with E-state index in [2.05, 4.69) is 5.32 Å². The van der Waals surface area contributed by atoms with Gasteiger partial charge < -0.3 is 10.1 Å². The first-order valence-electron chi connectivity index (χ1n) is 8.71. The number of sulfonamides is 1. The van der Waals surface area contributed by atoms with Gasteiger partial charge in [0.1, 0.15) is 5.75 Å². The van der Waals surface area contributed by atoms with Crippen molar-refractivity contribution in [2.24, 2.45) is 5.92 Å². The zero-order valence-corrected chi connectivity index (χ0v) is 17.5. The fourth-order valence-corrected chi connectivity index (χ4v) is 4.89. The van der Waals surface area contributed by atoms with Gasteiger partial charge in [-0.2, -0.15) is 4.31 Å². The maximum atomic E-state index is 12.7. The van der Waals surface area contributed by atoms with Crippen molar-refractivity contribution in [3.05, 3.63) is 52.5 Å². The second-order valence-corrected chi connectivity index (χ2v) is 9.28. The fraction of sp³-hybridized carbons (Fsp3) is 0.316. The third-order valence-electron chi connectivity index (χ3n) is 4.70. The second kappa shape index (κ2) is 8.69. The minimum atomic E-state index is -3.60.